The molecule has 0 saturated heterocycles. The molecule has 0 atom stereocenters. The van der Waals surface area contributed by atoms with Crippen LogP contribution >= 0.6 is 0 Å². The molecule has 0 fully saturated rings. The van der Waals surface area contributed by atoms with E-state index in [9.17, 15) is 8.42 Å². The first-order valence-electron chi connectivity index (χ1n) is 7.04. The molecule has 2 N–H and O–H groups in total. The van der Waals surface area contributed by atoms with Crippen LogP contribution in [0.5, 0.6) is 0 Å². The number of fused-ring (bicyclic) bond motifs is 1. The molecule has 0 aliphatic heterocycles. The van der Waals surface area contributed by atoms with Gasteiger partial charge in [-0.25, -0.2) is 13.4 Å². The summed E-state index contributed by atoms with van der Waals surface area (Å²) in [5, 5.41) is 9.06. The highest BCUT2D eigenvalue weighted by Crippen LogP contribution is 2.22. The molecule has 0 aliphatic carbocycles. The number of H-pyrrole nitrogens is 1. The van der Waals surface area contributed by atoms with Gasteiger partial charge in [0.1, 0.15) is 16.8 Å². The average Bonchev–Trinajstić information content (AvgIpc) is 2.96. The van der Waals surface area contributed by atoms with Gasteiger partial charge in [0.15, 0.2) is 0 Å². The van der Waals surface area contributed by atoms with Crippen LogP contribution in [0.2, 0.25) is 0 Å². The number of aryl methyl sites for hydroxylation is 1. The first-order chi connectivity index (χ1) is 11.0. The molecule has 0 aliphatic rings. The number of hydrogen-bond acceptors (Lipinski definition) is 4. The van der Waals surface area contributed by atoms with Gasteiger partial charge in [0, 0.05) is 6.42 Å². The molecule has 1 aromatic heterocycles. The van der Waals surface area contributed by atoms with Crippen LogP contribution in [0.4, 0.5) is 5.69 Å². The van der Waals surface area contributed by atoms with Crippen LogP contribution in [-0.4, -0.2) is 18.4 Å². The van der Waals surface area contributed by atoms with Crippen LogP contribution < -0.4 is 4.72 Å². The van der Waals surface area contributed by atoms with Gasteiger partial charge in [-0.2, -0.15) is 5.26 Å². The van der Waals surface area contributed by atoms with E-state index < -0.39 is 10.0 Å². The molecule has 0 radical (unpaired) electrons. The molecular weight excluding hydrogens is 312 g/mol. The number of anilines is 1. The van der Waals surface area contributed by atoms with E-state index in [1.165, 1.54) is 12.1 Å². The fourth-order valence-electron chi connectivity index (χ4n) is 2.30. The Morgan fingerprint density at radius 3 is 2.78 bits per heavy atom. The highest BCUT2D eigenvalue weighted by molar-refractivity contribution is 7.92. The highest BCUT2D eigenvalue weighted by Gasteiger charge is 2.18. The lowest BCUT2D eigenvalue weighted by atomic mass is 10.2. The Morgan fingerprint density at radius 2 is 2.04 bits per heavy atom. The van der Waals surface area contributed by atoms with Gasteiger partial charge in [0.25, 0.3) is 10.0 Å². The summed E-state index contributed by atoms with van der Waals surface area (Å²) in [4.78, 5) is 7.47. The number of hydrogen-bond donors (Lipinski definition) is 2. The second-order valence-electron chi connectivity index (χ2n) is 4.98. The Kier molecular flexibility index (Phi) is 3.76. The number of nitrogens with zero attached hydrogens (tertiary/aromatic N) is 2. The van der Waals surface area contributed by atoms with Gasteiger partial charge in [-0.15, -0.1) is 0 Å². The fourth-order valence-corrected chi connectivity index (χ4v) is 3.51. The summed E-state index contributed by atoms with van der Waals surface area (Å²) in [6.45, 7) is 1.99. The maximum absolute atomic E-state index is 12.5. The number of sulfonamides is 1. The summed E-state index contributed by atoms with van der Waals surface area (Å²) >= 11 is 0. The number of nitrogens with one attached hydrogen (secondary N) is 2. The molecular formula is C16H14N4O2S. The lowest BCUT2D eigenvalue weighted by molar-refractivity contribution is 0.601. The number of benzene rings is 2. The Labute approximate surface area is 133 Å². The smallest absolute Gasteiger partial charge is 0.263 e. The van der Waals surface area contributed by atoms with E-state index in [0.717, 1.165) is 23.3 Å². The zero-order valence-corrected chi connectivity index (χ0v) is 13.2. The standard InChI is InChI=1S/C16H14N4O2S/c1-2-16-18-13-8-7-12(9-14(13)19-16)20-23(21,22)15-6-4-3-5-11(15)10-17/h3-9,20H,2H2,1H3,(H,18,19). The van der Waals surface area contributed by atoms with Crippen molar-refractivity contribution in [3.05, 3.63) is 53.9 Å². The van der Waals surface area contributed by atoms with Crippen LogP contribution in [-0.2, 0) is 16.4 Å². The third-order valence-electron chi connectivity index (χ3n) is 3.42. The van der Waals surface area contributed by atoms with Gasteiger partial charge >= 0.3 is 0 Å². The molecule has 3 rings (SSSR count). The summed E-state index contributed by atoms with van der Waals surface area (Å²) in [6, 6.07) is 13.1. The molecule has 0 amide bonds. The third-order valence-corrected chi connectivity index (χ3v) is 4.85. The Balaban J connectivity index is 1.99. The van der Waals surface area contributed by atoms with Crippen molar-refractivity contribution in [2.45, 2.75) is 18.2 Å². The maximum atomic E-state index is 12.5. The number of imidazole rings is 1. The van der Waals surface area contributed by atoms with Crippen LogP contribution in [0, 0.1) is 11.3 Å². The highest BCUT2D eigenvalue weighted by atomic mass is 32.2. The monoisotopic (exact) mass is 326 g/mol. The predicted molar refractivity (Wildman–Crippen MR) is 87.4 cm³/mol. The fraction of sp³-hybridized carbons (Fsp3) is 0.125. The van der Waals surface area contributed by atoms with Gasteiger partial charge in [-0.05, 0) is 30.3 Å². The largest absolute Gasteiger partial charge is 0.342 e. The van der Waals surface area contributed by atoms with Gasteiger partial charge < -0.3 is 4.98 Å². The Bertz CT molecular complexity index is 1020. The van der Waals surface area contributed by atoms with Crippen LogP contribution in [0.15, 0.2) is 47.4 Å². The predicted octanol–water partition coefficient (Wildman–Crippen LogP) is 2.80. The van der Waals surface area contributed by atoms with E-state index in [1.807, 2.05) is 13.0 Å². The molecule has 116 valence electrons. The molecule has 7 heteroatoms. The molecule has 6 nitrogen and oxygen atoms in total. The first-order valence-corrected chi connectivity index (χ1v) is 8.52. The Morgan fingerprint density at radius 1 is 1.26 bits per heavy atom. The van der Waals surface area contributed by atoms with Crippen LogP contribution in [0.1, 0.15) is 18.3 Å². The summed E-state index contributed by atoms with van der Waals surface area (Å²) in [7, 11) is -3.83. The Hall–Kier alpha value is -2.85. The van der Waals surface area contributed by atoms with Gasteiger partial charge in [0.05, 0.1) is 22.3 Å². The van der Waals surface area contributed by atoms with Crippen molar-refractivity contribution < 1.29 is 8.42 Å². The zero-order chi connectivity index (χ0) is 16.4. The molecule has 0 spiro atoms. The van der Waals surface area contributed by atoms with E-state index in [-0.39, 0.29) is 10.5 Å². The second-order valence-corrected chi connectivity index (χ2v) is 6.63. The van der Waals surface area contributed by atoms with E-state index >= 15 is 0 Å². The van der Waals surface area contributed by atoms with Crippen LogP contribution in [0.25, 0.3) is 11.0 Å². The SMILES string of the molecule is CCc1nc2ccc(NS(=O)(=O)c3ccccc3C#N)cc2[nH]1. The molecule has 0 bridgehead atoms. The van der Waals surface area contributed by atoms with E-state index in [0.29, 0.717) is 5.69 Å². The topological polar surface area (TPSA) is 98.6 Å². The van der Waals surface area contributed by atoms with Crippen molar-refractivity contribution in [3.63, 3.8) is 0 Å². The summed E-state index contributed by atoms with van der Waals surface area (Å²) in [5.41, 5.74) is 2.06. The minimum absolute atomic E-state index is 0.0403. The second kappa shape index (κ2) is 5.74. The third kappa shape index (κ3) is 2.89. The van der Waals surface area contributed by atoms with Crippen molar-refractivity contribution in [2.24, 2.45) is 0 Å². The minimum atomic E-state index is -3.83. The van der Waals surface area contributed by atoms with Crippen molar-refractivity contribution in [1.29, 1.82) is 5.26 Å². The zero-order valence-electron chi connectivity index (χ0n) is 12.4. The molecule has 0 saturated carbocycles. The maximum Gasteiger partial charge on any atom is 0.263 e. The van der Waals surface area contributed by atoms with E-state index in [4.69, 9.17) is 5.26 Å². The van der Waals surface area contributed by atoms with E-state index in [1.54, 1.807) is 30.3 Å². The number of aromatic nitrogens is 2. The summed E-state index contributed by atoms with van der Waals surface area (Å²) in [6.07, 6.45) is 0.769. The number of rotatable bonds is 4. The van der Waals surface area contributed by atoms with Crippen molar-refractivity contribution in [3.8, 4) is 6.07 Å². The van der Waals surface area contributed by atoms with E-state index in [2.05, 4.69) is 14.7 Å². The van der Waals surface area contributed by atoms with Crippen molar-refractivity contribution in [1.82, 2.24) is 9.97 Å². The van der Waals surface area contributed by atoms with Gasteiger partial charge in [-0.1, -0.05) is 19.1 Å². The molecule has 1 heterocycles. The van der Waals surface area contributed by atoms with Crippen LogP contribution in [0.3, 0.4) is 0 Å². The minimum Gasteiger partial charge on any atom is -0.342 e. The number of nitriles is 1. The van der Waals surface area contributed by atoms with Gasteiger partial charge in [0.2, 0.25) is 0 Å². The molecule has 0 unspecified atom stereocenters. The van der Waals surface area contributed by atoms with Gasteiger partial charge in [-0.3, -0.25) is 4.72 Å². The number of aromatic amines is 1. The lowest BCUT2D eigenvalue weighted by Gasteiger charge is -2.09. The molecule has 2 aromatic carbocycles. The van der Waals surface area contributed by atoms with Crippen molar-refractivity contribution in [2.75, 3.05) is 4.72 Å². The quantitative estimate of drug-likeness (QED) is 0.770. The molecule has 3 aromatic rings. The lowest BCUT2D eigenvalue weighted by Crippen LogP contribution is -2.14. The normalized spacial score (nSPS) is 11.3. The first kappa shape index (κ1) is 15.1. The summed E-state index contributed by atoms with van der Waals surface area (Å²) in [5.74, 6) is 0.842. The summed E-state index contributed by atoms with van der Waals surface area (Å²) < 4.78 is 27.5. The average molecular weight is 326 g/mol. The van der Waals surface area contributed by atoms with Crippen molar-refractivity contribution >= 4 is 26.7 Å². The molecule has 23 heavy (non-hydrogen) atoms.